The van der Waals surface area contributed by atoms with E-state index in [-0.39, 0.29) is 18.4 Å². The fraction of sp³-hybridized carbons (Fsp3) is 0.312. The molecule has 0 saturated carbocycles. The van der Waals surface area contributed by atoms with Crippen molar-refractivity contribution in [3.8, 4) is 0 Å². The number of hydrogen-bond acceptors (Lipinski definition) is 5. The van der Waals surface area contributed by atoms with E-state index in [2.05, 4.69) is 10.3 Å². The van der Waals surface area contributed by atoms with Crippen LogP contribution in [-0.2, 0) is 11.3 Å². The minimum Gasteiger partial charge on any atom is -0.467 e. The van der Waals surface area contributed by atoms with Gasteiger partial charge in [0.1, 0.15) is 5.76 Å². The van der Waals surface area contributed by atoms with Crippen LogP contribution in [0.3, 0.4) is 0 Å². The molecule has 7 heteroatoms. The van der Waals surface area contributed by atoms with Crippen LogP contribution < -0.4 is 5.32 Å². The number of ether oxygens (including phenoxy) is 1. The maximum absolute atomic E-state index is 12.4. The standard InChI is InChI=1S/C16H17N3O4/c20-15(18-11-14-2-1-5-23-14)12-8-13(10-17-9-12)16(21)19-3-6-22-7-4-19/h1-2,5,8-10H,3-4,6-7,11H2,(H,18,20). The van der Waals surface area contributed by atoms with Crippen LogP contribution in [0, 0.1) is 0 Å². The van der Waals surface area contributed by atoms with Crippen LogP contribution in [0.4, 0.5) is 0 Å². The number of aromatic nitrogens is 1. The van der Waals surface area contributed by atoms with Crippen LogP contribution in [0.1, 0.15) is 26.5 Å². The molecule has 0 spiro atoms. The second-order valence-electron chi connectivity index (χ2n) is 5.13. The van der Waals surface area contributed by atoms with Crippen LogP contribution in [0.2, 0.25) is 0 Å². The maximum atomic E-state index is 12.4. The number of carbonyl (C=O) groups excluding carboxylic acids is 2. The summed E-state index contributed by atoms with van der Waals surface area (Å²) in [6.07, 6.45) is 4.46. The lowest BCUT2D eigenvalue weighted by Gasteiger charge is -2.26. The molecular formula is C16H17N3O4. The van der Waals surface area contributed by atoms with Gasteiger partial charge >= 0.3 is 0 Å². The molecule has 1 N–H and O–H groups in total. The summed E-state index contributed by atoms with van der Waals surface area (Å²) in [5.41, 5.74) is 0.744. The van der Waals surface area contributed by atoms with Crippen LogP contribution in [-0.4, -0.2) is 48.0 Å². The number of nitrogens with one attached hydrogen (secondary N) is 1. The van der Waals surface area contributed by atoms with Crippen molar-refractivity contribution in [2.45, 2.75) is 6.54 Å². The Morgan fingerprint density at radius 1 is 1.22 bits per heavy atom. The molecule has 0 unspecified atom stereocenters. The van der Waals surface area contributed by atoms with Gasteiger partial charge in [-0.2, -0.15) is 0 Å². The topological polar surface area (TPSA) is 84.7 Å². The second-order valence-corrected chi connectivity index (χ2v) is 5.13. The number of hydrogen-bond donors (Lipinski definition) is 1. The van der Waals surface area contributed by atoms with Gasteiger partial charge in [-0.15, -0.1) is 0 Å². The van der Waals surface area contributed by atoms with Gasteiger partial charge in [-0.25, -0.2) is 0 Å². The average molecular weight is 315 g/mol. The monoisotopic (exact) mass is 315 g/mol. The fourth-order valence-corrected chi connectivity index (χ4v) is 2.31. The quantitative estimate of drug-likeness (QED) is 0.912. The first-order valence-electron chi connectivity index (χ1n) is 7.37. The van der Waals surface area contributed by atoms with E-state index in [1.165, 1.54) is 12.4 Å². The third-order valence-electron chi connectivity index (χ3n) is 3.55. The summed E-state index contributed by atoms with van der Waals surface area (Å²) in [5, 5.41) is 2.73. The Morgan fingerprint density at radius 3 is 2.74 bits per heavy atom. The smallest absolute Gasteiger partial charge is 0.255 e. The van der Waals surface area contributed by atoms with Gasteiger partial charge < -0.3 is 19.4 Å². The number of amides is 2. The Labute approximate surface area is 133 Å². The summed E-state index contributed by atoms with van der Waals surface area (Å²) >= 11 is 0. The van der Waals surface area contributed by atoms with Gasteiger partial charge in [-0.3, -0.25) is 14.6 Å². The van der Waals surface area contributed by atoms with E-state index < -0.39 is 0 Å². The average Bonchev–Trinajstić information content (AvgIpc) is 3.13. The van der Waals surface area contributed by atoms with Gasteiger partial charge in [0.15, 0.2) is 0 Å². The minimum atomic E-state index is -0.300. The zero-order chi connectivity index (χ0) is 16.1. The molecule has 2 aromatic heterocycles. The lowest BCUT2D eigenvalue weighted by atomic mass is 10.1. The lowest BCUT2D eigenvalue weighted by Crippen LogP contribution is -2.40. The van der Waals surface area contributed by atoms with Crippen LogP contribution in [0.25, 0.3) is 0 Å². The molecule has 7 nitrogen and oxygen atoms in total. The van der Waals surface area contributed by atoms with E-state index in [0.29, 0.717) is 43.2 Å². The van der Waals surface area contributed by atoms with Crippen molar-refractivity contribution in [2.24, 2.45) is 0 Å². The maximum Gasteiger partial charge on any atom is 0.255 e. The summed E-state index contributed by atoms with van der Waals surface area (Å²) in [5.74, 6) is 0.221. The van der Waals surface area contributed by atoms with Crippen molar-refractivity contribution in [2.75, 3.05) is 26.3 Å². The molecule has 0 bridgehead atoms. The molecule has 0 radical (unpaired) electrons. The molecular weight excluding hydrogens is 298 g/mol. The summed E-state index contributed by atoms with van der Waals surface area (Å²) in [6, 6.07) is 5.09. The van der Waals surface area contributed by atoms with Gasteiger partial charge in [0.25, 0.3) is 11.8 Å². The lowest BCUT2D eigenvalue weighted by molar-refractivity contribution is 0.0302. The summed E-state index contributed by atoms with van der Waals surface area (Å²) in [7, 11) is 0. The number of morpholine rings is 1. The molecule has 2 aromatic rings. The van der Waals surface area contributed by atoms with Crippen molar-refractivity contribution < 1.29 is 18.7 Å². The Balaban J connectivity index is 1.66. The Hall–Kier alpha value is -2.67. The summed E-state index contributed by atoms with van der Waals surface area (Å²) in [6.45, 7) is 2.44. The third kappa shape index (κ3) is 3.75. The van der Waals surface area contributed by atoms with Crippen LogP contribution in [0.5, 0.6) is 0 Å². The fourth-order valence-electron chi connectivity index (χ4n) is 2.31. The van der Waals surface area contributed by atoms with E-state index >= 15 is 0 Å². The summed E-state index contributed by atoms with van der Waals surface area (Å²) in [4.78, 5) is 30.3. The highest BCUT2D eigenvalue weighted by Gasteiger charge is 2.20. The van der Waals surface area contributed by atoms with Gasteiger partial charge in [0.05, 0.1) is 37.1 Å². The molecule has 1 fully saturated rings. The predicted molar refractivity (Wildman–Crippen MR) is 80.8 cm³/mol. The number of furan rings is 1. The normalized spacial score (nSPS) is 14.5. The largest absolute Gasteiger partial charge is 0.467 e. The van der Waals surface area contributed by atoms with Crippen molar-refractivity contribution in [1.29, 1.82) is 0 Å². The molecule has 120 valence electrons. The predicted octanol–water partition coefficient (Wildman–Crippen LogP) is 1.08. The molecule has 0 aromatic carbocycles. The molecule has 3 heterocycles. The van der Waals surface area contributed by atoms with Gasteiger partial charge in [-0.05, 0) is 18.2 Å². The zero-order valence-electron chi connectivity index (χ0n) is 12.5. The van der Waals surface area contributed by atoms with Crippen LogP contribution in [0.15, 0.2) is 41.3 Å². The van der Waals surface area contributed by atoms with E-state index in [9.17, 15) is 9.59 Å². The van der Waals surface area contributed by atoms with Crippen molar-refractivity contribution in [3.63, 3.8) is 0 Å². The number of rotatable bonds is 4. The molecule has 1 aliphatic rings. The second kappa shape index (κ2) is 7.06. The molecule has 3 rings (SSSR count). The minimum absolute atomic E-state index is 0.138. The van der Waals surface area contributed by atoms with E-state index in [4.69, 9.17) is 9.15 Å². The first kappa shape index (κ1) is 15.2. The van der Waals surface area contributed by atoms with E-state index in [1.54, 1.807) is 29.4 Å². The SMILES string of the molecule is O=C(NCc1ccco1)c1cncc(C(=O)N2CCOCC2)c1. The highest BCUT2D eigenvalue weighted by atomic mass is 16.5. The number of carbonyl (C=O) groups is 2. The molecule has 1 aliphatic heterocycles. The first-order chi connectivity index (χ1) is 11.2. The van der Waals surface area contributed by atoms with Crippen LogP contribution >= 0.6 is 0 Å². The van der Waals surface area contributed by atoms with Crippen molar-refractivity contribution in [3.05, 3.63) is 53.7 Å². The van der Waals surface area contributed by atoms with Gasteiger partial charge in [-0.1, -0.05) is 0 Å². The Bertz CT molecular complexity index is 678. The number of nitrogens with zero attached hydrogens (tertiary/aromatic N) is 2. The third-order valence-corrected chi connectivity index (χ3v) is 3.55. The molecule has 2 amide bonds. The zero-order valence-corrected chi connectivity index (χ0v) is 12.5. The summed E-state index contributed by atoms with van der Waals surface area (Å²) < 4.78 is 10.4. The van der Waals surface area contributed by atoms with E-state index in [0.717, 1.165) is 0 Å². The van der Waals surface area contributed by atoms with Gasteiger partial charge in [0.2, 0.25) is 0 Å². The van der Waals surface area contributed by atoms with Gasteiger partial charge in [0, 0.05) is 25.5 Å². The Morgan fingerprint density at radius 2 is 2.00 bits per heavy atom. The highest BCUT2D eigenvalue weighted by Crippen LogP contribution is 2.09. The molecule has 0 atom stereocenters. The molecule has 1 saturated heterocycles. The van der Waals surface area contributed by atoms with E-state index in [1.807, 2.05) is 0 Å². The molecule has 0 aliphatic carbocycles. The Kier molecular flexibility index (Phi) is 4.68. The number of pyridine rings is 1. The van der Waals surface area contributed by atoms with Crippen molar-refractivity contribution >= 4 is 11.8 Å². The highest BCUT2D eigenvalue weighted by molar-refractivity contribution is 5.99. The first-order valence-corrected chi connectivity index (χ1v) is 7.37. The van der Waals surface area contributed by atoms with Crippen molar-refractivity contribution in [1.82, 2.24) is 15.2 Å². The molecule has 23 heavy (non-hydrogen) atoms.